The molecule has 0 radical (unpaired) electrons. The van der Waals surface area contributed by atoms with Crippen LogP contribution in [0.3, 0.4) is 0 Å². The second kappa shape index (κ2) is 4.55. The highest BCUT2D eigenvalue weighted by Gasteiger charge is 2.74. The molecule has 1 aliphatic heterocycles. The number of ether oxygens (including phenoxy) is 2. The van der Waals surface area contributed by atoms with Crippen LogP contribution < -0.4 is 0 Å². The zero-order chi connectivity index (χ0) is 14.7. The molecule has 4 rings (SSSR count). The van der Waals surface area contributed by atoms with E-state index >= 15 is 0 Å². The molecular weight excluding hydrogens is 264 g/mol. The molecule has 5 atom stereocenters. The fraction of sp³-hybridized carbons (Fsp3) is 0.944. The molecule has 0 aromatic carbocycles. The maximum atomic E-state index is 12.9. The minimum atomic E-state index is -0.265. The van der Waals surface area contributed by atoms with Gasteiger partial charge in [-0.05, 0) is 62.7 Å². The number of Topliss-reactive ketones (excluding diaryl/α,β-unsaturated/α-hetero) is 1. The highest BCUT2D eigenvalue weighted by Crippen LogP contribution is 2.75. The lowest BCUT2D eigenvalue weighted by Gasteiger charge is -2.44. The molecule has 1 heterocycles. The molecule has 118 valence electrons. The first-order chi connectivity index (χ1) is 10.0. The summed E-state index contributed by atoms with van der Waals surface area (Å²) in [5.74, 6) is 0.461. The van der Waals surface area contributed by atoms with Gasteiger partial charge in [-0.15, -0.1) is 0 Å². The first kappa shape index (κ1) is 14.2. The van der Waals surface area contributed by atoms with E-state index in [4.69, 9.17) is 9.47 Å². The summed E-state index contributed by atoms with van der Waals surface area (Å²) < 4.78 is 12.1. The Morgan fingerprint density at radius 2 is 1.95 bits per heavy atom. The van der Waals surface area contributed by atoms with Crippen LogP contribution in [0.15, 0.2) is 0 Å². The van der Waals surface area contributed by atoms with E-state index in [-0.39, 0.29) is 28.6 Å². The molecule has 0 bridgehead atoms. The van der Waals surface area contributed by atoms with Crippen LogP contribution in [0, 0.1) is 16.2 Å². The van der Waals surface area contributed by atoms with E-state index in [1.807, 2.05) is 0 Å². The molecule has 0 aromatic heterocycles. The van der Waals surface area contributed by atoms with Crippen molar-refractivity contribution in [3.8, 4) is 0 Å². The van der Waals surface area contributed by atoms with Gasteiger partial charge in [0.1, 0.15) is 5.78 Å². The van der Waals surface area contributed by atoms with Crippen molar-refractivity contribution < 1.29 is 14.3 Å². The number of rotatable bonds is 2. The van der Waals surface area contributed by atoms with Gasteiger partial charge in [-0.3, -0.25) is 4.79 Å². The smallest absolute Gasteiger partial charge is 0.157 e. The quantitative estimate of drug-likeness (QED) is 0.775. The van der Waals surface area contributed by atoms with E-state index in [2.05, 4.69) is 13.8 Å². The van der Waals surface area contributed by atoms with E-state index in [9.17, 15) is 4.79 Å². The largest absolute Gasteiger partial charge is 0.353 e. The third kappa shape index (κ3) is 1.65. The summed E-state index contributed by atoms with van der Waals surface area (Å²) >= 11 is 0. The van der Waals surface area contributed by atoms with Crippen LogP contribution in [-0.2, 0) is 14.3 Å². The van der Waals surface area contributed by atoms with Crippen molar-refractivity contribution in [1.29, 1.82) is 0 Å². The van der Waals surface area contributed by atoms with Gasteiger partial charge in [0.25, 0.3) is 0 Å². The van der Waals surface area contributed by atoms with E-state index in [1.54, 1.807) is 0 Å². The maximum Gasteiger partial charge on any atom is 0.157 e. The molecule has 1 spiro atoms. The van der Waals surface area contributed by atoms with Crippen LogP contribution in [-0.4, -0.2) is 24.8 Å². The van der Waals surface area contributed by atoms with Crippen LogP contribution in [0.1, 0.15) is 71.6 Å². The zero-order valence-corrected chi connectivity index (χ0v) is 13.5. The number of hydrogen-bond donors (Lipinski definition) is 0. The Balaban J connectivity index is 1.62. The van der Waals surface area contributed by atoms with Gasteiger partial charge in [0.15, 0.2) is 6.29 Å². The molecule has 0 aromatic rings. The molecule has 21 heavy (non-hydrogen) atoms. The summed E-state index contributed by atoms with van der Waals surface area (Å²) in [7, 11) is 0. The molecule has 0 unspecified atom stereocenters. The van der Waals surface area contributed by atoms with Gasteiger partial charge in [0.2, 0.25) is 0 Å². The normalized spacial score (nSPS) is 53.0. The van der Waals surface area contributed by atoms with E-state index in [0.29, 0.717) is 5.78 Å². The number of carbonyl (C=O) groups is 1. The van der Waals surface area contributed by atoms with Gasteiger partial charge in [-0.25, -0.2) is 0 Å². The van der Waals surface area contributed by atoms with Crippen molar-refractivity contribution in [2.24, 2.45) is 16.2 Å². The van der Waals surface area contributed by atoms with Gasteiger partial charge < -0.3 is 9.47 Å². The lowest BCUT2D eigenvalue weighted by molar-refractivity contribution is -0.210. The molecule has 3 nitrogen and oxygen atoms in total. The van der Waals surface area contributed by atoms with Crippen molar-refractivity contribution >= 4 is 5.78 Å². The fourth-order valence-corrected chi connectivity index (χ4v) is 6.32. The van der Waals surface area contributed by atoms with Crippen molar-refractivity contribution in [2.45, 2.75) is 84.0 Å². The molecule has 0 amide bonds. The third-order valence-corrected chi connectivity index (χ3v) is 7.54. The van der Waals surface area contributed by atoms with Crippen molar-refractivity contribution in [3.63, 3.8) is 0 Å². The first-order valence-corrected chi connectivity index (χ1v) is 8.82. The van der Waals surface area contributed by atoms with E-state index in [1.165, 1.54) is 32.1 Å². The van der Waals surface area contributed by atoms with E-state index in [0.717, 1.165) is 32.3 Å². The zero-order valence-electron chi connectivity index (χ0n) is 13.5. The molecule has 3 heteroatoms. The van der Waals surface area contributed by atoms with Crippen LogP contribution in [0.4, 0.5) is 0 Å². The number of hydrogen-bond acceptors (Lipinski definition) is 3. The van der Waals surface area contributed by atoms with Crippen molar-refractivity contribution in [2.75, 3.05) is 6.61 Å². The minimum absolute atomic E-state index is 0.0724. The topological polar surface area (TPSA) is 35.5 Å². The Morgan fingerprint density at radius 1 is 1.10 bits per heavy atom. The Bertz CT molecular complexity index is 455. The van der Waals surface area contributed by atoms with Gasteiger partial charge in [0.05, 0.1) is 11.5 Å². The SMILES string of the molecule is C[C@@]12CCC[C@]13CC[C@@H](O[C@H]1CCCCO1)[C@@]3(C)C(=O)C2. The summed E-state index contributed by atoms with van der Waals surface area (Å²) in [4.78, 5) is 12.9. The Hall–Kier alpha value is -0.410. The molecule has 4 fully saturated rings. The van der Waals surface area contributed by atoms with E-state index < -0.39 is 0 Å². The van der Waals surface area contributed by atoms with Crippen LogP contribution in [0.25, 0.3) is 0 Å². The summed E-state index contributed by atoms with van der Waals surface area (Å²) in [6.07, 6.45) is 10.0. The standard InChI is InChI=1S/C18H28O3/c1-16-8-5-9-18(16)10-7-14(17(18,2)13(19)12-16)21-15-6-3-4-11-20-15/h14-15H,3-12H2,1-2H3/t14-,15+,16+,17-,18+/m1/s1. The third-order valence-electron chi connectivity index (χ3n) is 7.54. The lowest BCUT2D eigenvalue weighted by Crippen LogP contribution is -2.46. The molecule has 1 saturated heterocycles. The van der Waals surface area contributed by atoms with Crippen LogP contribution in [0.5, 0.6) is 0 Å². The highest BCUT2D eigenvalue weighted by molar-refractivity contribution is 5.90. The molecule has 0 N–H and O–H groups in total. The second-order valence-electron chi connectivity index (χ2n) is 8.26. The summed E-state index contributed by atoms with van der Waals surface area (Å²) in [5, 5.41) is 0. The van der Waals surface area contributed by atoms with Crippen LogP contribution in [0.2, 0.25) is 0 Å². The monoisotopic (exact) mass is 292 g/mol. The molecule has 3 aliphatic carbocycles. The van der Waals surface area contributed by atoms with Gasteiger partial charge in [0, 0.05) is 13.0 Å². The average molecular weight is 292 g/mol. The predicted molar refractivity (Wildman–Crippen MR) is 79.8 cm³/mol. The average Bonchev–Trinajstić information content (AvgIpc) is 2.99. The van der Waals surface area contributed by atoms with Crippen molar-refractivity contribution in [3.05, 3.63) is 0 Å². The van der Waals surface area contributed by atoms with Crippen molar-refractivity contribution in [1.82, 2.24) is 0 Å². The van der Waals surface area contributed by atoms with Gasteiger partial charge in [-0.1, -0.05) is 13.3 Å². The second-order valence-corrected chi connectivity index (χ2v) is 8.26. The first-order valence-electron chi connectivity index (χ1n) is 8.82. The molecule has 3 saturated carbocycles. The van der Waals surface area contributed by atoms with Crippen LogP contribution >= 0.6 is 0 Å². The molecule has 4 aliphatic rings. The number of ketones is 1. The lowest BCUT2D eigenvalue weighted by atomic mass is 9.60. The number of carbonyl (C=O) groups excluding carboxylic acids is 1. The Kier molecular flexibility index (Phi) is 3.07. The fourth-order valence-electron chi connectivity index (χ4n) is 6.32. The summed E-state index contributed by atoms with van der Waals surface area (Å²) in [6.45, 7) is 5.39. The Labute approximate surface area is 127 Å². The highest BCUT2D eigenvalue weighted by atomic mass is 16.7. The maximum absolute atomic E-state index is 12.9. The summed E-state index contributed by atoms with van der Waals surface area (Å²) in [5.41, 5.74) is 0.167. The minimum Gasteiger partial charge on any atom is -0.353 e. The molecular formula is C18H28O3. The Morgan fingerprint density at radius 3 is 2.71 bits per heavy atom. The van der Waals surface area contributed by atoms with Gasteiger partial charge in [-0.2, -0.15) is 0 Å². The predicted octanol–water partition coefficient (Wildman–Crippen LogP) is 3.85. The van der Waals surface area contributed by atoms with Gasteiger partial charge >= 0.3 is 0 Å². The summed E-state index contributed by atoms with van der Waals surface area (Å²) in [6, 6.07) is 0.